The Morgan fingerprint density at radius 3 is 1.08 bits per heavy atom. The third-order valence-electron chi connectivity index (χ3n) is 14.3. The molecular formula is C63H84Cl2. The highest BCUT2D eigenvalue weighted by Crippen LogP contribution is 2.37. The van der Waals surface area contributed by atoms with Crippen LogP contribution in [0.4, 0.5) is 0 Å². The standard InChI is InChI=1S/C32H43Cl.C31H41Cl/c1-3-5-7-9-11-26-15-20-29(21-16-26)30-22-17-27(18-23-30)13-14-28-19-24-31(32(33)25-28)12-10-8-6-4-2;1-3-5-7-9-11-30-23-18-27(24-31(30)32)13-12-26-16-21-29(22-17-26)28-19-14-25(15-20-28)10-8-6-4-2/h15-16,19-21,24-25,27,30H,3-12,17-18,22-23H2,1-2H3;14-15,18-20,23-24,26,29H,3-11,16-17,21-22H2,1-2H3. The first kappa shape index (κ1) is 52.5. The van der Waals surface area contributed by atoms with Gasteiger partial charge in [0.15, 0.2) is 0 Å². The molecule has 2 saturated carbocycles. The summed E-state index contributed by atoms with van der Waals surface area (Å²) in [6.45, 7) is 9.04. The summed E-state index contributed by atoms with van der Waals surface area (Å²) in [5.41, 5.74) is 10.7. The van der Waals surface area contributed by atoms with Gasteiger partial charge < -0.3 is 0 Å². The molecule has 65 heavy (non-hydrogen) atoms. The van der Waals surface area contributed by atoms with Crippen LogP contribution >= 0.6 is 23.2 Å². The zero-order valence-electron chi connectivity index (χ0n) is 41.2. The lowest BCUT2D eigenvalue weighted by atomic mass is 9.78. The second-order valence-corrected chi connectivity index (χ2v) is 20.4. The van der Waals surface area contributed by atoms with E-state index < -0.39 is 0 Å². The largest absolute Gasteiger partial charge is 0.0945 e. The first-order chi connectivity index (χ1) is 31.9. The average molecular weight is 912 g/mol. The predicted molar refractivity (Wildman–Crippen MR) is 286 cm³/mol. The Bertz CT molecular complexity index is 2030. The van der Waals surface area contributed by atoms with Crippen LogP contribution < -0.4 is 0 Å². The highest BCUT2D eigenvalue weighted by atomic mass is 35.5. The molecule has 4 aromatic carbocycles. The maximum Gasteiger partial charge on any atom is 0.0450 e. The van der Waals surface area contributed by atoms with Gasteiger partial charge in [0.25, 0.3) is 0 Å². The normalized spacial score (nSPS) is 18.1. The Kier molecular flexibility index (Phi) is 24.9. The van der Waals surface area contributed by atoms with E-state index in [1.807, 2.05) is 0 Å². The van der Waals surface area contributed by atoms with Crippen LogP contribution in [0.2, 0.25) is 10.0 Å². The van der Waals surface area contributed by atoms with E-state index >= 15 is 0 Å². The lowest BCUT2D eigenvalue weighted by Crippen LogP contribution is -2.12. The van der Waals surface area contributed by atoms with Gasteiger partial charge in [-0.1, -0.05) is 206 Å². The van der Waals surface area contributed by atoms with E-state index in [1.54, 1.807) is 0 Å². The van der Waals surface area contributed by atoms with Crippen LogP contribution in [-0.2, 0) is 25.7 Å². The molecule has 2 heteroatoms. The van der Waals surface area contributed by atoms with Crippen LogP contribution in [-0.4, -0.2) is 0 Å². The number of halogens is 2. The Morgan fingerprint density at radius 1 is 0.385 bits per heavy atom. The Morgan fingerprint density at radius 2 is 0.723 bits per heavy atom. The summed E-state index contributed by atoms with van der Waals surface area (Å²) in [4.78, 5) is 0. The summed E-state index contributed by atoms with van der Waals surface area (Å²) in [6, 6.07) is 31.8. The van der Waals surface area contributed by atoms with Crippen LogP contribution in [0.3, 0.4) is 0 Å². The molecule has 0 heterocycles. The molecule has 2 aliphatic carbocycles. The maximum absolute atomic E-state index is 6.54. The first-order valence-electron chi connectivity index (χ1n) is 26.7. The minimum absolute atomic E-state index is 0.520. The van der Waals surface area contributed by atoms with Crippen molar-refractivity contribution in [1.29, 1.82) is 0 Å². The lowest BCUT2D eigenvalue weighted by molar-refractivity contribution is 0.384. The molecule has 0 radical (unpaired) electrons. The van der Waals surface area contributed by atoms with Crippen molar-refractivity contribution in [3.8, 4) is 23.7 Å². The molecule has 4 aromatic rings. The minimum Gasteiger partial charge on any atom is -0.0945 e. The minimum atomic E-state index is 0.520. The predicted octanol–water partition coefficient (Wildman–Crippen LogP) is 19.4. The number of benzene rings is 4. The quantitative estimate of drug-likeness (QED) is 0.0577. The van der Waals surface area contributed by atoms with Crippen LogP contribution in [0.15, 0.2) is 84.9 Å². The molecule has 2 aliphatic rings. The molecule has 6 rings (SSSR count). The van der Waals surface area contributed by atoms with Crippen molar-refractivity contribution in [2.75, 3.05) is 0 Å². The SMILES string of the molecule is CCCCCCc1ccc(C#CC2CCC(c3ccc(CCCCC)cc3)CC2)cc1Cl.CCCCCCc1ccc(C2CCC(C#Cc3ccc(CCCCCC)c(Cl)c3)CC2)cc1. The second-order valence-electron chi connectivity index (χ2n) is 19.6. The third-order valence-corrected chi connectivity index (χ3v) is 15.0. The fraction of sp³-hybridized carbons (Fsp3) is 0.556. The van der Waals surface area contributed by atoms with Gasteiger partial charge in [-0.3, -0.25) is 0 Å². The van der Waals surface area contributed by atoms with Gasteiger partial charge in [0, 0.05) is 33.0 Å². The highest BCUT2D eigenvalue weighted by Gasteiger charge is 2.22. The number of hydrogen-bond acceptors (Lipinski definition) is 0. The molecule has 0 atom stereocenters. The third kappa shape index (κ3) is 19.4. The topological polar surface area (TPSA) is 0 Å². The number of aryl methyl sites for hydroxylation is 4. The molecular weight excluding hydrogens is 828 g/mol. The first-order valence-corrected chi connectivity index (χ1v) is 27.4. The zero-order chi connectivity index (χ0) is 45.9. The smallest absolute Gasteiger partial charge is 0.0450 e. The summed E-state index contributed by atoms with van der Waals surface area (Å²) in [5, 5.41) is 1.77. The van der Waals surface area contributed by atoms with Crippen molar-refractivity contribution in [1.82, 2.24) is 0 Å². The van der Waals surface area contributed by atoms with E-state index in [9.17, 15) is 0 Å². The molecule has 0 nitrogen and oxygen atoms in total. The molecule has 0 unspecified atom stereocenters. The van der Waals surface area contributed by atoms with E-state index in [-0.39, 0.29) is 0 Å². The van der Waals surface area contributed by atoms with Crippen molar-refractivity contribution < 1.29 is 0 Å². The molecule has 0 saturated heterocycles. The van der Waals surface area contributed by atoms with Gasteiger partial charge in [-0.25, -0.2) is 0 Å². The van der Waals surface area contributed by atoms with Crippen molar-refractivity contribution in [3.63, 3.8) is 0 Å². The van der Waals surface area contributed by atoms with Gasteiger partial charge in [-0.05, 0) is 172 Å². The Labute approximate surface area is 408 Å². The fourth-order valence-electron chi connectivity index (χ4n) is 9.90. The van der Waals surface area contributed by atoms with E-state index in [1.165, 1.54) is 194 Å². The van der Waals surface area contributed by atoms with Gasteiger partial charge in [0.2, 0.25) is 0 Å². The summed E-state index contributed by atoms with van der Waals surface area (Å²) >= 11 is 13.1. The summed E-state index contributed by atoms with van der Waals surface area (Å²) < 4.78 is 0. The van der Waals surface area contributed by atoms with Crippen LogP contribution in [0.5, 0.6) is 0 Å². The van der Waals surface area contributed by atoms with Crippen LogP contribution in [0, 0.1) is 35.5 Å². The molecule has 2 fully saturated rings. The Balaban J connectivity index is 0.000000244. The lowest BCUT2D eigenvalue weighted by Gasteiger charge is -2.26. The van der Waals surface area contributed by atoms with E-state index in [0.717, 1.165) is 34.0 Å². The molecule has 0 spiro atoms. The molecule has 0 N–H and O–H groups in total. The number of unbranched alkanes of at least 4 members (excludes halogenated alkanes) is 11. The average Bonchev–Trinajstić information content (AvgIpc) is 3.34. The van der Waals surface area contributed by atoms with E-state index in [2.05, 4.69) is 136 Å². The molecule has 0 aromatic heterocycles. The maximum atomic E-state index is 6.54. The van der Waals surface area contributed by atoms with Gasteiger partial charge in [0.05, 0.1) is 0 Å². The van der Waals surface area contributed by atoms with Gasteiger partial charge >= 0.3 is 0 Å². The monoisotopic (exact) mass is 911 g/mol. The molecule has 0 aliphatic heterocycles. The van der Waals surface area contributed by atoms with E-state index in [0.29, 0.717) is 23.7 Å². The second kappa shape index (κ2) is 30.8. The van der Waals surface area contributed by atoms with Crippen molar-refractivity contribution >= 4 is 23.2 Å². The summed E-state index contributed by atoms with van der Waals surface area (Å²) in [6.07, 6.45) is 34.0. The van der Waals surface area contributed by atoms with E-state index in [4.69, 9.17) is 23.2 Å². The van der Waals surface area contributed by atoms with Crippen LogP contribution in [0.1, 0.15) is 232 Å². The summed E-state index contributed by atoms with van der Waals surface area (Å²) in [7, 11) is 0. The zero-order valence-corrected chi connectivity index (χ0v) is 42.8. The molecule has 0 bridgehead atoms. The van der Waals surface area contributed by atoms with Crippen LogP contribution in [0.25, 0.3) is 0 Å². The highest BCUT2D eigenvalue weighted by molar-refractivity contribution is 6.31. The number of rotatable bonds is 21. The fourth-order valence-corrected chi connectivity index (χ4v) is 10.5. The van der Waals surface area contributed by atoms with Crippen molar-refractivity contribution in [3.05, 3.63) is 139 Å². The van der Waals surface area contributed by atoms with Gasteiger partial charge in [-0.15, -0.1) is 0 Å². The van der Waals surface area contributed by atoms with Crippen molar-refractivity contribution in [2.24, 2.45) is 11.8 Å². The van der Waals surface area contributed by atoms with Gasteiger partial charge in [-0.2, -0.15) is 0 Å². The molecule has 0 amide bonds. The van der Waals surface area contributed by atoms with Gasteiger partial charge in [0.1, 0.15) is 0 Å². The van der Waals surface area contributed by atoms with Crippen molar-refractivity contribution in [2.45, 2.75) is 213 Å². The Hall–Kier alpha value is -3.42. The molecule has 350 valence electrons. The summed E-state index contributed by atoms with van der Waals surface area (Å²) in [5.74, 6) is 16.4. The number of hydrogen-bond donors (Lipinski definition) is 0.